The van der Waals surface area contributed by atoms with Gasteiger partial charge in [0, 0.05) is 18.2 Å². The molecule has 0 saturated carbocycles. The summed E-state index contributed by atoms with van der Waals surface area (Å²) < 4.78 is 0.796. The Morgan fingerprint density at radius 1 is 1.26 bits per heavy atom. The number of aryl methyl sites for hydroxylation is 1. The van der Waals surface area contributed by atoms with Crippen molar-refractivity contribution in [2.24, 2.45) is 0 Å². The minimum absolute atomic E-state index is 0.0207. The standard InChI is InChI=1S/C17H21N5O4S/c1-11(2)21(12-6-4-3-5-7-12)14(23)10-27-17-20-19-13(8-9-15(24)25)16(26)22(17)18/h3-7,11H,8-10,18H2,1-2H3,(H,24,25). The maximum absolute atomic E-state index is 12.7. The highest BCUT2D eigenvalue weighted by molar-refractivity contribution is 7.99. The molecule has 1 aromatic heterocycles. The number of rotatable bonds is 8. The van der Waals surface area contributed by atoms with Gasteiger partial charge in [0.1, 0.15) is 5.69 Å². The van der Waals surface area contributed by atoms with Crippen LogP contribution in [-0.4, -0.2) is 43.7 Å². The summed E-state index contributed by atoms with van der Waals surface area (Å²) >= 11 is 1.000. The quantitative estimate of drug-likeness (QED) is 0.501. The van der Waals surface area contributed by atoms with Crippen molar-refractivity contribution in [2.45, 2.75) is 37.9 Å². The number of amides is 1. The van der Waals surface area contributed by atoms with Gasteiger partial charge >= 0.3 is 5.97 Å². The van der Waals surface area contributed by atoms with Crippen LogP contribution in [-0.2, 0) is 16.0 Å². The fourth-order valence-electron chi connectivity index (χ4n) is 2.42. The van der Waals surface area contributed by atoms with E-state index >= 15 is 0 Å². The molecule has 1 amide bonds. The smallest absolute Gasteiger partial charge is 0.303 e. The number of nitrogen functional groups attached to an aromatic ring is 1. The number of benzene rings is 1. The topological polar surface area (TPSA) is 131 Å². The van der Waals surface area contributed by atoms with Crippen LogP contribution in [0.3, 0.4) is 0 Å². The lowest BCUT2D eigenvalue weighted by atomic mass is 10.2. The Morgan fingerprint density at radius 2 is 1.93 bits per heavy atom. The molecule has 27 heavy (non-hydrogen) atoms. The van der Waals surface area contributed by atoms with Crippen LogP contribution in [0.5, 0.6) is 0 Å². The highest BCUT2D eigenvalue weighted by atomic mass is 32.2. The highest BCUT2D eigenvalue weighted by Crippen LogP contribution is 2.20. The lowest BCUT2D eigenvalue weighted by Gasteiger charge is -2.26. The van der Waals surface area contributed by atoms with E-state index in [1.807, 2.05) is 44.2 Å². The van der Waals surface area contributed by atoms with Crippen molar-refractivity contribution in [3.05, 3.63) is 46.4 Å². The maximum Gasteiger partial charge on any atom is 0.303 e. The molecule has 0 atom stereocenters. The molecule has 9 nitrogen and oxygen atoms in total. The second kappa shape index (κ2) is 9.17. The molecule has 0 fully saturated rings. The third kappa shape index (κ3) is 5.30. The second-order valence-electron chi connectivity index (χ2n) is 5.98. The molecule has 2 rings (SSSR count). The van der Waals surface area contributed by atoms with Crippen molar-refractivity contribution in [2.75, 3.05) is 16.5 Å². The summed E-state index contributed by atoms with van der Waals surface area (Å²) in [6.45, 7) is 3.82. The average molecular weight is 391 g/mol. The number of nitrogens with zero attached hydrogens (tertiary/aromatic N) is 4. The lowest BCUT2D eigenvalue weighted by Crippen LogP contribution is -2.39. The SMILES string of the molecule is CC(C)N(C(=O)CSc1nnc(CCC(=O)O)c(=O)n1N)c1ccccc1. The van der Waals surface area contributed by atoms with Crippen LogP contribution in [0.15, 0.2) is 40.3 Å². The predicted molar refractivity (Wildman–Crippen MR) is 102 cm³/mol. The minimum Gasteiger partial charge on any atom is -0.481 e. The van der Waals surface area contributed by atoms with Gasteiger partial charge in [0.2, 0.25) is 11.1 Å². The summed E-state index contributed by atoms with van der Waals surface area (Å²) in [4.78, 5) is 37.1. The van der Waals surface area contributed by atoms with Crippen LogP contribution >= 0.6 is 11.8 Å². The zero-order valence-electron chi connectivity index (χ0n) is 15.0. The van der Waals surface area contributed by atoms with Gasteiger partial charge < -0.3 is 15.8 Å². The van der Waals surface area contributed by atoms with Gasteiger partial charge in [-0.15, -0.1) is 10.2 Å². The number of para-hydroxylation sites is 1. The van der Waals surface area contributed by atoms with Gasteiger partial charge in [0.15, 0.2) is 0 Å². The van der Waals surface area contributed by atoms with E-state index in [9.17, 15) is 14.4 Å². The van der Waals surface area contributed by atoms with Gasteiger partial charge in [0.25, 0.3) is 5.56 Å². The summed E-state index contributed by atoms with van der Waals surface area (Å²) in [6.07, 6.45) is -0.299. The summed E-state index contributed by atoms with van der Waals surface area (Å²) in [5.74, 6) is 4.55. The molecule has 0 bridgehead atoms. The summed E-state index contributed by atoms with van der Waals surface area (Å²) in [5.41, 5.74) is 0.131. The van der Waals surface area contributed by atoms with Crippen LogP contribution < -0.4 is 16.3 Å². The van der Waals surface area contributed by atoms with Crippen molar-refractivity contribution < 1.29 is 14.7 Å². The Hall–Kier alpha value is -2.88. The summed E-state index contributed by atoms with van der Waals surface area (Å²) in [5, 5.41) is 16.4. The van der Waals surface area contributed by atoms with E-state index in [2.05, 4.69) is 10.2 Å². The first-order valence-electron chi connectivity index (χ1n) is 8.26. The average Bonchev–Trinajstić information content (AvgIpc) is 2.62. The van der Waals surface area contributed by atoms with Crippen molar-refractivity contribution in [3.8, 4) is 0 Å². The van der Waals surface area contributed by atoms with Gasteiger partial charge in [-0.25, -0.2) is 0 Å². The number of carbonyl (C=O) groups excluding carboxylic acids is 1. The number of nitrogens with two attached hydrogens (primary N) is 1. The van der Waals surface area contributed by atoms with Crippen molar-refractivity contribution in [1.29, 1.82) is 0 Å². The molecule has 144 valence electrons. The Kier molecular flexibility index (Phi) is 6.94. The largest absolute Gasteiger partial charge is 0.481 e. The first-order valence-corrected chi connectivity index (χ1v) is 9.25. The molecule has 1 heterocycles. The van der Waals surface area contributed by atoms with Crippen LogP contribution in [0, 0.1) is 0 Å². The number of aliphatic carboxylic acids is 1. The molecule has 0 unspecified atom stereocenters. The Labute approximate surface area is 160 Å². The number of anilines is 1. The second-order valence-corrected chi connectivity index (χ2v) is 6.92. The molecule has 0 aliphatic carbocycles. The molecule has 0 spiro atoms. The molecule has 1 aromatic carbocycles. The number of carboxylic acids is 1. The van der Waals surface area contributed by atoms with E-state index in [-0.39, 0.29) is 41.4 Å². The van der Waals surface area contributed by atoms with E-state index in [0.29, 0.717) is 0 Å². The molecule has 0 aliphatic rings. The van der Waals surface area contributed by atoms with Crippen LogP contribution in [0.25, 0.3) is 0 Å². The van der Waals surface area contributed by atoms with Crippen molar-refractivity contribution in [3.63, 3.8) is 0 Å². The predicted octanol–water partition coefficient (Wildman–Crippen LogP) is 0.903. The van der Waals surface area contributed by atoms with Crippen LogP contribution in [0.1, 0.15) is 26.0 Å². The number of aromatic nitrogens is 3. The summed E-state index contributed by atoms with van der Waals surface area (Å²) in [6, 6.07) is 9.21. The fraction of sp³-hybridized carbons (Fsp3) is 0.353. The molecule has 2 aromatic rings. The Morgan fingerprint density at radius 3 is 2.52 bits per heavy atom. The number of hydrogen-bond acceptors (Lipinski definition) is 7. The van der Waals surface area contributed by atoms with Gasteiger partial charge in [-0.3, -0.25) is 14.4 Å². The molecule has 3 N–H and O–H groups in total. The first-order chi connectivity index (χ1) is 12.8. The lowest BCUT2D eigenvalue weighted by molar-refractivity contribution is -0.137. The molecule has 0 aliphatic heterocycles. The maximum atomic E-state index is 12.7. The van der Waals surface area contributed by atoms with Crippen molar-refractivity contribution >= 4 is 29.3 Å². The van der Waals surface area contributed by atoms with E-state index in [1.165, 1.54) is 0 Å². The van der Waals surface area contributed by atoms with Crippen LogP contribution in [0.4, 0.5) is 5.69 Å². The Balaban J connectivity index is 2.11. The van der Waals surface area contributed by atoms with Crippen LogP contribution in [0.2, 0.25) is 0 Å². The fourth-order valence-corrected chi connectivity index (χ4v) is 3.13. The van der Waals surface area contributed by atoms with E-state index in [0.717, 1.165) is 22.1 Å². The number of carboxylic acid groups (broad SMARTS) is 1. The zero-order valence-corrected chi connectivity index (χ0v) is 15.8. The van der Waals surface area contributed by atoms with E-state index < -0.39 is 11.5 Å². The third-order valence-corrected chi connectivity index (χ3v) is 4.58. The number of hydrogen-bond donors (Lipinski definition) is 2. The number of carbonyl (C=O) groups is 2. The molecule has 10 heteroatoms. The van der Waals surface area contributed by atoms with E-state index in [1.54, 1.807) is 4.90 Å². The molecular formula is C17H21N5O4S. The van der Waals surface area contributed by atoms with E-state index in [4.69, 9.17) is 10.9 Å². The monoisotopic (exact) mass is 391 g/mol. The molecular weight excluding hydrogens is 370 g/mol. The highest BCUT2D eigenvalue weighted by Gasteiger charge is 2.20. The summed E-state index contributed by atoms with van der Waals surface area (Å²) in [7, 11) is 0. The first kappa shape index (κ1) is 20.4. The van der Waals surface area contributed by atoms with Crippen molar-refractivity contribution in [1.82, 2.24) is 14.9 Å². The molecule has 0 saturated heterocycles. The van der Waals surface area contributed by atoms with Gasteiger partial charge in [0.05, 0.1) is 12.2 Å². The van der Waals surface area contributed by atoms with Gasteiger partial charge in [-0.1, -0.05) is 30.0 Å². The zero-order chi connectivity index (χ0) is 20.0. The Bertz CT molecular complexity index is 869. The molecule has 0 radical (unpaired) electrons. The minimum atomic E-state index is -1.04. The third-order valence-electron chi connectivity index (χ3n) is 3.65. The number of thioether (sulfide) groups is 1. The van der Waals surface area contributed by atoms with Gasteiger partial charge in [-0.05, 0) is 26.0 Å². The van der Waals surface area contributed by atoms with Gasteiger partial charge in [-0.2, -0.15) is 4.68 Å². The normalized spacial score (nSPS) is 10.8.